The predicted octanol–water partition coefficient (Wildman–Crippen LogP) is 1.17. The van der Waals surface area contributed by atoms with Gasteiger partial charge in [0.05, 0.1) is 5.56 Å². The third kappa shape index (κ3) is 2.79. The number of esters is 1. The molecule has 1 aromatic rings. The fourth-order valence-corrected chi connectivity index (χ4v) is 1.35. The number of carbonyl (C=O) groups is 2. The summed E-state index contributed by atoms with van der Waals surface area (Å²) >= 11 is 0. The molecule has 0 saturated carbocycles. The van der Waals surface area contributed by atoms with Crippen molar-refractivity contribution in [1.82, 2.24) is 0 Å². The van der Waals surface area contributed by atoms with Gasteiger partial charge in [-0.05, 0) is 19.1 Å². The Labute approximate surface area is 104 Å². The first kappa shape index (κ1) is 13.6. The van der Waals surface area contributed by atoms with Crippen LogP contribution in [-0.2, 0) is 16.1 Å². The highest BCUT2D eigenvalue weighted by atomic mass is 16.5. The summed E-state index contributed by atoms with van der Waals surface area (Å²) in [4.78, 5) is 22.3. The van der Waals surface area contributed by atoms with Crippen LogP contribution >= 0.6 is 0 Å². The summed E-state index contributed by atoms with van der Waals surface area (Å²) in [6.07, 6.45) is 0. The SMILES string of the molecule is C=C(C)C(=O)OCc1c(N)ccc(N)c1C(=O)O. The topological polar surface area (TPSA) is 116 Å². The van der Waals surface area contributed by atoms with E-state index in [4.69, 9.17) is 21.3 Å². The maximum absolute atomic E-state index is 11.3. The zero-order valence-electron chi connectivity index (χ0n) is 9.90. The third-order valence-electron chi connectivity index (χ3n) is 2.29. The Hall–Kier alpha value is -2.50. The molecule has 1 rings (SSSR count). The van der Waals surface area contributed by atoms with Crippen molar-refractivity contribution < 1.29 is 19.4 Å². The molecule has 0 unspecified atom stereocenters. The lowest BCUT2D eigenvalue weighted by Crippen LogP contribution is -2.13. The summed E-state index contributed by atoms with van der Waals surface area (Å²) < 4.78 is 4.88. The number of aromatic carboxylic acids is 1. The normalized spacial score (nSPS) is 9.83. The van der Waals surface area contributed by atoms with E-state index in [1.165, 1.54) is 19.1 Å². The van der Waals surface area contributed by atoms with Gasteiger partial charge in [0, 0.05) is 22.5 Å². The van der Waals surface area contributed by atoms with Crippen LogP contribution in [0, 0.1) is 0 Å². The molecule has 0 bridgehead atoms. The smallest absolute Gasteiger partial charge is 0.338 e. The van der Waals surface area contributed by atoms with Gasteiger partial charge in [0.1, 0.15) is 6.61 Å². The number of carboxylic acids is 1. The molecule has 1 aromatic carbocycles. The maximum Gasteiger partial charge on any atom is 0.338 e. The Bertz CT molecular complexity index is 523. The molecular formula is C12H14N2O4. The van der Waals surface area contributed by atoms with Gasteiger partial charge in [0.2, 0.25) is 0 Å². The quantitative estimate of drug-likeness (QED) is 0.419. The minimum Gasteiger partial charge on any atom is -0.478 e. The van der Waals surface area contributed by atoms with E-state index in [9.17, 15) is 9.59 Å². The molecule has 6 nitrogen and oxygen atoms in total. The molecule has 0 aliphatic heterocycles. The van der Waals surface area contributed by atoms with Crippen molar-refractivity contribution >= 4 is 23.3 Å². The molecule has 0 amide bonds. The average Bonchev–Trinajstić information content (AvgIpc) is 2.28. The van der Waals surface area contributed by atoms with Crippen LogP contribution in [0.2, 0.25) is 0 Å². The van der Waals surface area contributed by atoms with Crippen molar-refractivity contribution in [1.29, 1.82) is 0 Å². The van der Waals surface area contributed by atoms with Crippen molar-refractivity contribution in [2.75, 3.05) is 11.5 Å². The Morgan fingerprint density at radius 1 is 1.33 bits per heavy atom. The maximum atomic E-state index is 11.3. The molecule has 0 aliphatic rings. The molecule has 0 heterocycles. The van der Waals surface area contributed by atoms with Crippen LogP contribution in [0.25, 0.3) is 0 Å². The number of carbonyl (C=O) groups excluding carboxylic acids is 1. The first-order chi connectivity index (χ1) is 8.34. The van der Waals surface area contributed by atoms with Gasteiger partial charge in [-0.1, -0.05) is 6.58 Å². The molecule has 6 heteroatoms. The van der Waals surface area contributed by atoms with Crippen LogP contribution in [0.5, 0.6) is 0 Å². The number of rotatable bonds is 4. The van der Waals surface area contributed by atoms with Crippen LogP contribution in [0.3, 0.4) is 0 Å². The lowest BCUT2D eigenvalue weighted by Gasteiger charge is -2.12. The monoisotopic (exact) mass is 250 g/mol. The predicted molar refractivity (Wildman–Crippen MR) is 66.8 cm³/mol. The van der Waals surface area contributed by atoms with E-state index in [2.05, 4.69) is 6.58 Å². The number of hydrogen-bond donors (Lipinski definition) is 3. The van der Waals surface area contributed by atoms with Gasteiger partial charge >= 0.3 is 11.9 Å². The van der Waals surface area contributed by atoms with Crippen LogP contribution in [-0.4, -0.2) is 17.0 Å². The van der Waals surface area contributed by atoms with Gasteiger partial charge in [0.25, 0.3) is 0 Å². The van der Waals surface area contributed by atoms with Crippen molar-refractivity contribution in [2.45, 2.75) is 13.5 Å². The van der Waals surface area contributed by atoms with Gasteiger partial charge in [-0.15, -0.1) is 0 Å². The van der Waals surface area contributed by atoms with Crippen LogP contribution in [0.15, 0.2) is 24.3 Å². The molecule has 0 aromatic heterocycles. The van der Waals surface area contributed by atoms with Crippen LogP contribution < -0.4 is 11.5 Å². The number of ether oxygens (including phenoxy) is 1. The molecule has 0 atom stereocenters. The van der Waals surface area contributed by atoms with E-state index in [-0.39, 0.29) is 34.7 Å². The van der Waals surface area contributed by atoms with E-state index in [1.54, 1.807) is 0 Å². The standard InChI is InChI=1S/C12H14N2O4/c1-6(2)12(17)18-5-7-8(13)3-4-9(14)10(7)11(15)16/h3-4H,1,5,13-14H2,2H3,(H,15,16). The first-order valence-corrected chi connectivity index (χ1v) is 5.07. The molecule has 18 heavy (non-hydrogen) atoms. The van der Waals surface area contributed by atoms with E-state index < -0.39 is 11.9 Å². The van der Waals surface area contributed by atoms with Gasteiger partial charge in [-0.2, -0.15) is 0 Å². The highest BCUT2D eigenvalue weighted by molar-refractivity contribution is 5.97. The Morgan fingerprint density at radius 2 is 1.89 bits per heavy atom. The highest BCUT2D eigenvalue weighted by Gasteiger charge is 2.18. The summed E-state index contributed by atoms with van der Waals surface area (Å²) in [5, 5.41) is 9.05. The lowest BCUT2D eigenvalue weighted by atomic mass is 10.0. The number of nitrogen functional groups attached to an aromatic ring is 2. The highest BCUT2D eigenvalue weighted by Crippen LogP contribution is 2.24. The Balaban J connectivity index is 3.08. The first-order valence-electron chi connectivity index (χ1n) is 5.07. The molecule has 0 saturated heterocycles. The number of nitrogens with two attached hydrogens (primary N) is 2. The second kappa shape index (κ2) is 5.22. The zero-order valence-corrected chi connectivity index (χ0v) is 9.90. The summed E-state index contributed by atoms with van der Waals surface area (Å²) in [5.41, 5.74) is 11.7. The van der Waals surface area contributed by atoms with Crippen molar-refractivity contribution in [3.05, 3.63) is 35.4 Å². The summed E-state index contributed by atoms with van der Waals surface area (Å²) in [6.45, 7) is 4.65. The van der Waals surface area contributed by atoms with Crippen molar-refractivity contribution in [3.8, 4) is 0 Å². The second-order valence-electron chi connectivity index (χ2n) is 3.76. The molecule has 0 aliphatic carbocycles. The Kier molecular flexibility index (Phi) is 3.93. The van der Waals surface area contributed by atoms with Gasteiger partial charge < -0.3 is 21.3 Å². The van der Waals surface area contributed by atoms with Crippen molar-refractivity contribution in [2.24, 2.45) is 0 Å². The van der Waals surface area contributed by atoms with Gasteiger partial charge in [-0.25, -0.2) is 9.59 Å². The molecular weight excluding hydrogens is 236 g/mol. The van der Waals surface area contributed by atoms with E-state index in [0.717, 1.165) is 0 Å². The molecule has 0 spiro atoms. The number of hydrogen-bond acceptors (Lipinski definition) is 5. The molecule has 96 valence electrons. The third-order valence-corrected chi connectivity index (χ3v) is 2.29. The number of benzene rings is 1. The summed E-state index contributed by atoms with van der Waals surface area (Å²) in [6, 6.07) is 2.86. The number of anilines is 2. The lowest BCUT2D eigenvalue weighted by molar-refractivity contribution is -0.140. The van der Waals surface area contributed by atoms with Gasteiger partial charge in [-0.3, -0.25) is 0 Å². The zero-order chi connectivity index (χ0) is 13.9. The Morgan fingerprint density at radius 3 is 2.39 bits per heavy atom. The number of carboxylic acid groups (broad SMARTS) is 1. The van der Waals surface area contributed by atoms with E-state index >= 15 is 0 Å². The molecule has 0 radical (unpaired) electrons. The van der Waals surface area contributed by atoms with Crippen molar-refractivity contribution in [3.63, 3.8) is 0 Å². The fourth-order valence-electron chi connectivity index (χ4n) is 1.35. The minimum absolute atomic E-state index is 0.0677. The summed E-state index contributed by atoms with van der Waals surface area (Å²) in [5.74, 6) is -1.84. The molecule has 0 fully saturated rings. The van der Waals surface area contributed by atoms with E-state index in [1.807, 2.05) is 0 Å². The molecule has 5 N–H and O–H groups in total. The largest absolute Gasteiger partial charge is 0.478 e. The second-order valence-corrected chi connectivity index (χ2v) is 3.76. The van der Waals surface area contributed by atoms with Gasteiger partial charge in [0.15, 0.2) is 0 Å². The summed E-state index contributed by atoms with van der Waals surface area (Å²) in [7, 11) is 0. The van der Waals surface area contributed by atoms with Crippen LogP contribution in [0.4, 0.5) is 11.4 Å². The van der Waals surface area contributed by atoms with Crippen LogP contribution in [0.1, 0.15) is 22.8 Å². The minimum atomic E-state index is -1.22. The average molecular weight is 250 g/mol. The fraction of sp³-hybridized carbons (Fsp3) is 0.167. The van der Waals surface area contributed by atoms with E-state index in [0.29, 0.717) is 0 Å².